The zero-order chi connectivity index (χ0) is 13.9. The van der Waals surface area contributed by atoms with E-state index in [2.05, 4.69) is 30.3 Å². The summed E-state index contributed by atoms with van der Waals surface area (Å²) in [5.41, 5.74) is 1.15. The van der Waals surface area contributed by atoms with Gasteiger partial charge in [-0.2, -0.15) is 0 Å². The van der Waals surface area contributed by atoms with Crippen molar-refractivity contribution in [2.45, 2.75) is 32.0 Å². The lowest BCUT2D eigenvalue weighted by molar-refractivity contribution is -0.153. The van der Waals surface area contributed by atoms with Gasteiger partial charge in [0.05, 0.1) is 12.7 Å². The molecule has 1 fully saturated rings. The first kappa shape index (κ1) is 13.1. The quantitative estimate of drug-likeness (QED) is 0.782. The molecule has 2 aromatic carbocycles. The second kappa shape index (κ2) is 5.63. The molecule has 3 rings (SSSR count). The largest absolute Gasteiger partial charge is 0.462 e. The third-order valence-corrected chi connectivity index (χ3v) is 3.71. The number of benzene rings is 2. The second-order valence-electron chi connectivity index (χ2n) is 5.22. The van der Waals surface area contributed by atoms with Crippen LogP contribution in [0.15, 0.2) is 42.5 Å². The Morgan fingerprint density at radius 3 is 2.80 bits per heavy atom. The lowest BCUT2D eigenvalue weighted by Crippen LogP contribution is -2.27. The maximum Gasteiger partial charge on any atom is 0.302 e. The van der Waals surface area contributed by atoms with Gasteiger partial charge in [0, 0.05) is 19.8 Å². The zero-order valence-electron chi connectivity index (χ0n) is 11.5. The fourth-order valence-electron chi connectivity index (χ4n) is 2.75. The van der Waals surface area contributed by atoms with Crippen LogP contribution in [0.25, 0.3) is 10.8 Å². The van der Waals surface area contributed by atoms with Crippen LogP contribution in [0.3, 0.4) is 0 Å². The molecular weight excluding hydrogens is 252 g/mol. The summed E-state index contributed by atoms with van der Waals surface area (Å²) in [6, 6.07) is 14.7. The van der Waals surface area contributed by atoms with Gasteiger partial charge in [-0.1, -0.05) is 36.4 Å². The van der Waals surface area contributed by atoms with Crippen molar-refractivity contribution < 1.29 is 14.3 Å². The van der Waals surface area contributed by atoms with Gasteiger partial charge in [0.25, 0.3) is 0 Å². The fourth-order valence-corrected chi connectivity index (χ4v) is 2.75. The van der Waals surface area contributed by atoms with E-state index in [1.807, 2.05) is 12.1 Å². The van der Waals surface area contributed by atoms with Crippen LogP contribution in [-0.2, 0) is 14.3 Å². The summed E-state index contributed by atoms with van der Waals surface area (Å²) in [5, 5.41) is 2.44. The monoisotopic (exact) mass is 270 g/mol. The first-order chi connectivity index (χ1) is 9.72. The van der Waals surface area contributed by atoms with Crippen LogP contribution in [-0.4, -0.2) is 18.7 Å². The molecule has 0 radical (unpaired) electrons. The molecule has 0 aliphatic carbocycles. The normalized spacial score (nSPS) is 22.6. The topological polar surface area (TPSA) is 35.5 Å². The van der Waals surface area contributed by atoms with E-state index in [0.717, 1.165) is 18.4 Å². The summed E-state index contributed by atoms with van der Waals surface area (Å²) in [6.07, 6.45) is 1.50. The molecule has 3 nitrogen and oxygen atoms in total. The van der Waals surface area contributed by atoms with Crippen LogP contribution in [0.2, 0.25) is 0 Å². The second-order valence-corrected chi connectivity index (χ2v) is 5.22. The van der Waals surface area contributed by atoms with Crippen molar-refractivity contribution in [2.75, 3.05) is 6.61 Å². The van der Waals surface area contributed by atoms with E-state index < -0.39 is 0 Å². The minimum Gasteiger partial charge on any atom is -0.462 e. The van der Waals surface area contributed by atoms with Crippen molar-refractivity contribution in [2.24, 2.45) is 0 Å². The van der Waals surface area contributed by atoms with Crippen LogP contribution in [0.4, 0.5) is 0 Å². The van der Waals surface area contributed by atoms with Gasteiger partial charge in [-0.05, 0) is 22.4 Å². The maximum atomic E-state index is 11.1. The number of hydrogen-bond acceptors (Lipinski definition) is 3. The third-order valence-electron chi connectivity index (χ3n) is 3.71. The minimum atomic E-state index is -0.214. The Morgan fingerprint density at radius 1 is 1.20 bits per heavy atom. The smallest absolute Gasteiger partial charge is 0.302 e. The van der Waals surface area contributed by atoms with Crippen LogP contribution in [0, 0.1) is 0 Å². The van der Waals surface area contributed by atoms with E-state index in [1.165, 1.54) is 17.7 Å². The zero-order valence-corrected chi connectivity index (χ0v) is 11.5. The molecule has 0 bridgehead atoms. The molecule has 104 valence electrons. The van der Waals surface area contributed by atoms with Crippen molar-refractivity contribution in [3.63, 3.8) is 0 Å². The highest BCUT2D eigenvalue weighted by molar-refractivity contribution is 5.83. The van der Waals surface area contributed by atoms with E-state index in [0.29, 0.717) is 6.61 Å². The SMILES string of the molecule is CC(=O)O[C@H]1CCO[C@@H](c2ccc3ccccc3c2)C1. The van der Waals surface area contributed by atoms with Crippen molar-refractivity contribution in [3.05, 3.63) is 48.0 Å². The van der Waals surface area contributed by atoms with Crippen LogP contribution >= 0.6 is 0 Å². The van der Waals surface area contributed by atoms with E-state index in [-0.39, 0.29) is 18.2 Å². The Morgan fingerprint density at radius 2 is 2.00 bits per heavy atom. The molecule has 1 heterocycles. The predicted octanol–water partition coefficient (Wildman–Crippen LogP) is 3.62. The van der Waals surface area contributed by atoms with Crippen molar-refractivity contribution in [3.8, 4) is 0 Å². The van der Waals surface area contributed by atoms with Gasteiger partial charge in [0.15, 0.2) is 0 Å². The van der Waals surface area contributed by atoms with Gasteiger partial charge >= 0.3 is 5.97 Å². The number of esters is 1. The number of carbonyl (C=O) groups is 1. The standard InChI is InChI=1S/C17H18O3/c1-12(18)20-16-8-9-19-17(11-16)15-7-6-13-4-2-3-5-14(13)10-15/h2-7,10,16-17H,8-9,11H2,1H3/t16-,17+/m0/s1. The number of fused-ring (bicyclic) bond motifs is 1. The Balaban J connectivity index is 1.81. The van der Waals surface area contributed by atoms with E-state index in [4.69, 9.17) is 9.47 Å². The molecule has 0 amide bonds. The number of ether oxygens (including phenoxy) is 2. The molecular formula is C17H18O3. The van der Waals surface area contributed by atoms with Crippen LogP contribution in [0.5, 0.6) is 0 Å². The first-order valence-corrected chi connectivity index (χ1v) is 7.00. The molecule has 2 aromatic rings. The number of carbonyl (C=O) groups excluding carboxylic acids is 1. The summed E-state index contributed by atoms with van der Waals surface area (Å²) < 4.78 is 11.1. The molecule has 0 saturated carbocycles. The van der Waals surface area contributed by atoms with E-state index in [1.54, 1.807) is 0 Å². The Kier molecular flexibility index (Phi) is 3.70. The van der Waals surface area contributed by atoms with Gasteiger partial charge in [-0.15, -0.1) is 0 Å². The maximum absolute atomic E-state index is 11.1. The molecule has 0 N–H and O–H groups in total. The van der Waals surface area contributed by atoms with E-state index in [9.17, 15) is 4.79 Å². The van der Waals surface area contributed by atoms with Gasteiger partial charge in [0.2, 0.25) is 0 Å². The Hall–Kier alpha value is -1.87. The molecule has 0 unspecified atom stereocenters. The summed E-state index contributed by atoms with van der Waals surface area (Å²) in [6.45, 7) is 2.09. The lowest BCUT2D eigenvalue weighted by Gasteiger charge is -2.29. The highest BCUT2D eigenvalue weighted by Gasteiger charge is 2.25. The Bertz CT molecular complexity index is 620. The van der Waals surface area contributed by atoms with Crippen LogP contribution in [0.1, 0.15) is 31.4 Å². The summed E-state index contributed by atoms with van der Waals surface area (Å²) in [5.74, 6) is -0.214. The van der Waals surface area contributed by atoms with Gasteiger partial charge in [-0.3, -0.25) is 4.79 Å². The molecule has 2 atom stereocenters. The van der Waals surface area contributed by atoms with E-state index >= 15 is 0 Å². The minimum absolute atomic E-state index is 0.0118. The van der Waals surface area contributed by atoms with Gasteiger partial charge in [-0.25, -0.2) is 0 Å². The number of hydrogen-bond donors (Lipinski definition) is 0. The highest BCUT2D eigenvalue weighted by Crippen LogP contribution is 2.31. The highest BCUT2D eigenvalue weighted by atomic mass is 16.6. The number of rotatable bonds is 2. The molecule has 20 heavy (non-hydrogen) atoms. The predicted molar refractivity (Wildman–Crippen MR) is 77.4 cm³/mol. The van der Waals surface area contributed by atoms with Crippen LogP contribution < -0.4 is 0 Å². The lowest BCUT2D eigenvalue weighted by atomic mass is 9.97. The van der Waals surface area contributed by atoms with Crippen molar-refractivity contribution >= 4 is 16.7 Å². The van der Waals surface area contributed by atoms with Crippen molar-refractivity contribution in [1.29, 1.82) is 0 Å². The molecule has 0 spiro atoms. The average Bonchev–Trinajstić information content (AvgIpc) is 2.46. The first-order valence-electron chi connectivity index (χ1n) is 7.00. The molecule has 1 aliphatic heterocycles. The summed E-state index contributed by atoms with van der Waals surface area (Å²) in [7, 11) is 0. The van der Waals surface area contributed by atoms with Gasteiger partial charge in [0.1, 0.15) is 6.10 Å². The average molecular weight is 270 g/mol. The van der Waals surface area contributed by atoms with Crippen molar-refractivity contribution in [1.82, 2.24) is 0 Å². The molecule has 1 aliphatic rings. The summed E-state index contributed by atoms with van der Waals surface area (Å²) >= 11 is 0. The molecule has 1 saturated heterocycles. The fraction of sp³-hybridized carbons (Fsp3) is 0.353. The third kappa shape index (κ3) is 2.83. The summed E-state index contributed by atoms with van der Waals surface area (Å²) in [4.78, 5) is 11.1. The van der Waals surface area contributed by atoms with Gasteiger partial charge < -0.3 is 9.47 Å². The molecule has 3 heteroatoms. The molecule has 0 aromatic heterocycles. The Labute approximate surface area is 118 Å².